The number of fused-ring (bicyclic) bond motifs is 5. The molecule has 2 bridgehead atoms. The summed E-state index contributed by atoms with van der Waals surface area (Å²) in [4.78, 5) is 0. The van der Waals surface area contributed by atoms with E-state index < -0.39 is 0 Å². The van der Waals surface area contributed by atoms with E-state index in [0.29, 0.717) is 6.04 Å². The first-order valence-corrected chi connectivity index (χ1v) is 7.35. The molecular weight excluding hydrogens is 276 g/mol. The predicted octanol–water partition coefficient (Wildman–Crippen LogP) is 3.49. The highest BCUT2D eigenvalue weighted by atomic mass is 79.9. The van der Waals surface area contributed by atoms with Crippen molar-refractivity contribution in [1.82, 2.24) is 0 Å². The number of anilines is 2. The van der Waals surface area contributed by atoms with Crippen LogP contribution in [0.15, 0.2) is 22.7 Å². The Hall–Kier alpha value is -0.700. The number of nitrogens with two attached hydrogens (primary N) is 1. The van der Waals surface area contributed by atoms with Crippen molar-refractivity contribution in [3.05, 3.63) is 22.7 Å². The van der Waals surface area contributed by atoms with Gasteiger partial charge in [0.2, 0.25) is 0 Å². The molecule has 0 aliphatic heterocycles. The van der Waals surface area contributed by atoms with E-state index in [2.05, 4.69) is 27.3 Å². The zero-order chi connectivity index (χ0) is 11.6. The predicted molar refractivity (Wildman–Crippen MR) is 73.8 cm³/mol. The summed E-state index contributed by atoms with van der Waals surface area (Å²) < 4.78 is 1.10. The molecule has 0 saturated heterocycles. The van der Waals surface area contributed by atoms with Gasteiger partial charge in [0.1, 0.15) is 0 Å². The number of halogens is 1. The monoisotopic (exact) mass is 292 g/mol. The van der Waals surface area contributed by atoms with Crippen LogP contribution in [0.3, 0.4) is 0 Å². The van der Waals surface area contributed by atoms with E-state index in [1.54, 1.807) is 0 Å². The SMILES string of the molecule is Nc1ccc(Br)cc1NC1C2C3CCC(C3)C12. The summed E-state index contributed by atoms with van der Waals surface area (Å²) in [6.07, 6.45) is 4.44. The zero-order valence-electron chi connectivity index (χ0n) is 9.70. The summed E-state index contributed by atoms with van der Waals surface area (Å²) in [5.74, 6) is 3.92. The van der Waals surface area contributed by atoms with E-state index in [9.17, 15) is 0 Å². The molecule has 1 aromatic carbocycles. The van der Waals surface area contributed by atoms with E-state index in [0.717, 1.165) is 39.5 Å². The summed E-state index contributed by atoms with van der Waals surface area (Å²) in [7, 11) is 0. The van der Waals surface area contributed by atoms with Crippen LogP contribution in [-0.2, 0) is 0 Å². The Morgan fingerprint density at radius 3 is 2.59 bits per heavy atom. The lowest BCUT2D eigenvalue weighted by Gasteiger charge is -2.13. The summed E-state index contributed by atoms with van der Waals surface area (Å²) in [6.45, 7) is 0. The smallest absolute Gasteiger partial charge is 0.0587 e. The number of nitrogen functional groups attached to an aromatic ring is 1. The van der Waals surface area contributed by atoms with Crippen LogP contribution in [0.5, 0.6) is 0 Å². The molecule has 0 aromatic heterocycles. The maximum Gasteiger partial charge on any atom is 0.0587 e. The molecule has 90 valence electrons. The highest BCUT2D eigenvalue weighted by molar-refractivity contribution is 9.10. The summed E-state index contributed by atoms with van der Waals surface area (Å²) in [6, 6.07) is 6.78. The average molecular weight is 293 g/mol. The number of rotatable bonds is 2. The van der Waals surface area contributed by atoms with E-state index in [1.165, 1.54) is 19.3 Å². The maximum absolute atomic E-state index is 6.02. The second-order valence-corrected chi connectivity index (χ2v) is 6.81. The number of hydrogen-bond acceptors (Lipinski definition) is 2. The van der Waals surface area contributed by atoms with Crippen molar-refractivity contribution >= 4 is 27.3 Å². The molecule has 0 radical (unpaired) electrons. The van der Waals surface area contributed by atoms with Gasteiger partial charge in [0.25, 0.3) is 0 Å². The first kappa shape index (κ1) is 10.2. The van der Waals surface area contributed by atoms with Crippen molar-refractivity contribution in [1.29, 1.82) is 0 Å². The number of hydrogen-bond donors (Lipinski definition) is 2. The second-order valence-electron chi connectivity index (χ2n) is 5.89. The Balaban J connectivity index is 1.54. The Morgan fingerprint density at radius 1 is 1.18 bits per heavy atom. The molecule has 0 heterocycles. The molecule has 3 saturated carbocycles. The Bertz CT molecular complexity index is 457. The highest BCUT2D eigenvalue weighted by Gasteiger charge is 2.65. The third kappa shape index (κ3) is 1.44. The third-order valence-corrected chi connectivity index (χ3v) is 5.57. The maximum atomic E-state index is 6.02. The summed E-state index contributed by atoms with van der Waals surface area (Å²) in [5.41, 5.74) is 7.99. The van der Waals surface area contributed by atoms with Gasteiger partial charge in [-0.2, -0.15) is 0 Å². The van der Waals surface area contributed by atoms with Crippen LogP contribution < -0.4 is 11.1 Å². The summed E-state index contributed by atoms with van der Waals surface area (Å²) >= 11 is 3.51. The minimum absolute atomic E-state index is 0.706. The van der Waals surface area contributed by atoms with Crippen molar-refractivity contribution in [3.63, 3.8) is 0 Å². The van der Waals surface area contributed by atoms with Crippen molar-refractivity contribution in [2.45, 2.75) is 25.3 Å². The van der Waals surface area contributed by atoms with E-state index >= 15 is 0 Å². The third-order valence-electron chi connectivity index (χ3n) is 5.07. The molecule has 4 unspecified atom stereocenters. The van der Waals surface area contributed by atoms with Crippen LogP contribution in [-0.4, -0.2) is 6.04 Å². The van der Waals surface area contributed by atoms with Crippen molar-refractivity contribution in [3.8, 4) is 0 Å². The lowest BCUT2D eigenvalue weighted by Crippen LogP contribution is -2.13. The highest BCUT2D eigenvalue weighted by Crippen LogP contribution is 2.66. The van der Waals surface area contributed by atoms with Crippen LogP contribution in [0.4, 0.5) is 11.4 Å². The van der Waals surface area contributed by atoms with E-state index in [-0.39, 0.29) is 0 Å². The molecular formula is C14H17BrN2. The van der Waals surface area contributed by atoms with Gasteiger partial charge in [-0.25, -0.2) is 0 Å². The minimum Gasteiger partial charge on any atom is -0.397 e. The Kier molecular flexibility index (Phi) is 2.05. The molecule has 4 rings (SSSR count). The topological polar surface area (TPSA) is 38.0 Å². The molecule has 4 atom stereocenters. The first-order chi connectivity index (χ1) is 8.24. The van der Waals surface area contributed by atoms with Gasteiger partial charge in [-0.15, -0.1) is 0 Å². The molecule has 3 fully saturated rings. The number of benzene rings is 1. The van der Waals surface area contributed by atoms with Gasteiger partial charge in [0.15, 0.2) is 0 Å². The molecule has 2 nitrogen and oxygen atoms in total. The molecule has 3 N–H and O–H groups in total. The van der Waals surface area contributed by atoms with Gasteiger partial charge in [0.05, 0.1) is 11.4 Å². The number of nitrogens with one attached hydrogen (secondary N) is 1. The molecule has 0 amide bonds. The van der Waals surface area contributed by atoms with Gasteiger partial charge in [-0.3, -0.25) is 0 Å². The molecule has 0 spiro atoms. The van der Waals surface area contributed by atoms with Crippen LogP contribution in [0.1, 0.15) is 19.3 Å². The normalized spacial score (nSPS) is 41.4. The first-order valence-electron chi connectivity index (χ1n) is 6.55. The van der Waals surface area contributed by atoms with E-state index in [1.807, 2.05) is 12.1 Å². The Labute approximate surface area is 110 Å². The molecule has 3 aliphatic carbocycles. The van der Waals surface area contributed by atoms with Crippen molar-refractivity contribution in [2.24, 2.45) is 23.7 Å². The van der Waals surface area contributed by atoms with Crippen LogP contribution in [0.2, 0.25) is 0 Å². The van der Waals surface area contributed by atoms with E-state index in [4.69, 9.17) is 5.73 Å². The quantitative estimate of drug-likeness (QED) is 0.819. The van der Waals surface area contributed by atoms with Gasteiger partial charge in [0, 0.05) is 10.5 Å². The van der Waals surface area contributed by atoms with Gasteiger partial charge >= 0.3 is 0 Å². The van der Waals surface area contributed by atoms with Crippen molar-refractivity contribution in [2.75, 3.05) is 11.1 Å². The fourth-order valence-electron chi connectivity index (χ4n) is 4.35. The van der Waals surface area contributed by atoms with Gasteiger partial charge < -0.3 is 11.1 Å². The Morgan fingerprint density at radius 2 is 1.88 bits per heavy atom. The van der Waals surface area contributed by atoms with Gasteiger partial charge in [-0.1, -0.05) is 15.9 Å². The van der Waals surface area contributed by atoms with Crippen LogP contribution in [0, 0.1) is 23.7 Å². The largest absolute Gasteiger partial charge is 0.397 e. The fourth-order valence-corrected chi connectivity index (χ4v) is 4.71. The van der Waals surface area contributed by atoms with Crippen LogP contribution in [0.25, 0.3) is 0 Å². The lowest BCUT2D eigenvalue weighted by atomic mass is 10.0. The molecule has 1 aromatic rings. The lowest BCUT2D eigenvalue weighted by molar-refractivity contribution is 0.456. The van der Waals surface area contributed by atoms with Crippen molar-refractivity contribution < 1.29 is 0 Å². The molecule has 17 heavy (non-hydrogen) atoms. The molecule has 3 aliphatic rings. The van der Waals surface area contributed by atoms with Gasteiger partial charge in [-0.05, 0) is 61.1 Å². The minimum atomic E-state index is 0.706. The average Bonchev–Trinajstić information content (AvgIpc) is 2.72. The zero-order valence-corrected chi connectivity index (χ0v) is 11.3. The second kappa shape index (κ2) is 3.41. The standard InChI is InChI=1S/C14H17BrN2/c15-9-3-4-10(16)11(6-9)17-14-12-7-1-2-8(5-7)13(12)14/h3-4,6-8,12-14,17H,1-2,5,16H2. The molecule has 3 heteroatoms. The summed E-state index contributed by atoms with van der Waals surface area (Å²) in [5, 5.41) is 3.67. The van der Waals surface area contributed by atoms with Crippen LogP contribution >= 0.6 is 15.9 Å². The fraction of sp³-hybridized carbons (Fsp3) is 0.571.